The molecule has 0 saturated heterocycles. The Balaban J connectivity index is -0.00000161. The van der Waals surface area contributed by atoms with Crippen molar-refractivity contribution in [3.8, 4) is 0 Å². The van der Waals surface area contributed by atoms with E-state index in [-0.39, 0.29) is 95.2 Å². The first-order valence-electron chi connectivity index (χ1n) is 6.22. The van der Waals surface area contributed by atoms with Gasteiger partial charge < -0.3 is 39.2 Å². The summed E-state index contributed by atoms with van der Waals surface area (Å²) in [5.41, 5.74) is -2.51. The van der Waals surface area contributed by atoms with Gasteiger partial charge in [-0.3, -0.25) is 0 Å². The van der Waals surface area contributed by atoms with Gasteiger partial charge in [-0.05, 0) is 33.0 Å². The molecule has 0 aliphatic heterocycles. The summed E-state index contributed by atoms with van der Waals surface area (Å²) in [4.78, 5) is 41.1. The van der Waals surface area contributed by atoms with Crippen molar-refractivity contribution in [2.75, 3.05) is 12.3 Å². The summed E-state index contributed by atoms with van der Waals surface area (Å²) in [5, 5.41) is 13.9. The molecule has 1 aromatic rings. The van der Waals surface area contributed by atoms with E-state index in [1.807, 2.05) is 5.32 Å². The summed E-state index contributed by atoms with van der Waals surface area (Å²) in [5.74, 6) is 0.555. The fourth-order valence-electron chi connectivity index (χ4n) is 1.57. The van der Waals surface area contributed by atoms with E-state index in [1.165, 1.54) is 18.0 Å². The Morgan fingerprint density at radius 3 is 2.24 bits per heavy atom. The third-order valence-corrected chi connectivity index (χ3v) is 6.96. The molecule has 1 rings (SSSR count). The number of rotatable bonds is 9. The van der Waals surface area contributed by atoms with Crippen LogP contribution in [0.2, 0.25) is 0 Å². The van der Waals surface area contributed by atoms with Crippen LogP contribution in [0.25, 0.3) is 0 Å². The van der Waals surface area contributed by atoms with Crippen molar-refractivity contribution in [3.63, 3.8) is 0 Å². The molecule has 0 amide bonds. The molecule has 0 spiro atoms. The first-order chi connectivity index (χ1) is 10.1. The third kappa shape index (κ3) is 13.4. The molecular weight excluding hydrogens is 423 g/mol. The molecule has 0 fully saturated rings. The van der Waals surface area contributed by atoms with Gasteiger partial charge in [-0.25, -0.2) is 0 Å². The minimum atomic E-state index is -5.49. The summed E-state index contributed by atoms with van der Waals surface area (Å²) < 4.78 is 22.3. The van der Waals surface area contributed by atoms with Crippen LogP contribution in [0.3, 0.4) is 0 Å². The molecule has 2 atom stereocenters. The van der Waals surface area contributed by atoms with Gasteiger partial charge in [0.05, 0.1) is 5.52 Å². The zero-order valence-corrected chi connectivity index (χ0v) is 23.0. The standard InChI is InChI=1S/C10H18N2O7P2S.3Na/c13-12-7-3-1-5-9(12)22-8-4-2-6-11-10(20(14,15)16)21(17,18)19;;;/h1,3,5,7,10-11H,2,4,6,8H2,(H2,14,15,16)(H2,17,18,19);;;/q;3*+1/p-3. The molecule has 0 aliphatic carbocycles. The fraction of sp³-hybridized carbons (Fsp3) is 0.500. The summed E-state index contributed by atoms with van der Waals surface area (Å²) in [7, 11) is -10.8. The summed E-state index contributed by atoms with van der Waals surface area (Å²) >= 11 is 1.30. The second-order valence-corrected chi connectivity index (χ2v) is 9.12. The van der Waals surface area contributed by atoms with Gasteiger partial charge >= 0.3 is 88.7 Å². The molecule has 9 nitrogen and oxygen atoms in total. The molecule has 1 aromatic heterocycles. The van der Waals surface area contributed by atoms with E-state index in [0.717, 1.165) is 0 Å². The van der Waals surface area contributed by atoms with Crippen LogP contribution in [0.1, 0.15) is 12.8 Å². The molecule has 0 aromatic carbocycles. The van der Waals surface area contributed by atoms with Crippen molar-refractivity contribution in [2.45, 2.75) is 23.4 Å². The molecule has 0 saturated carbocycles. The van der Waals surface area contributed by atoms with E-state index in [0.29, 0.717) is 28.4 Å². The van der Waals surface area contributed by atoms with Gasteiger partial charge in [-0.15, -0.1) is 0 Å². The van der Waals surface area contributed by atoms with Gasteiger partial charge in [0.1, 0.15) is 0 Å². The number of thioether (sulfide) groups is 1. The Labute approximate surface area is 216 Å². The predicted octanol–water partition coefficient (Wildman–Crippen LogP) is -10.5. The molecule has 0 bridgehead atoms. The zero-order valence-electron chi connectivity index (χ0n) is 14.4. The number of pyridine rings is 1. The Bertz CT molecular complexity index is 567. The van der Waals surface area contributed by atoms with E-state index in [4.69, 9.17) is 4.89 Å². The molecule has 0 aliphatic rings. The molecule has 1 heterocycles. The van der Waals surface area contributed by atoms with Crippen LogP contribution in [0.4, 0.5) is 0 Å². The van der Waals surface area contributed by atoms with E-state index < -0.39 is 20.7 Å². The Morgan fingerprint density at radius 2 is 1.76 bits per heavy atom. The number of hydrogen-bond donors (Lipinski definition) is 2. The maximum absolute atomic E-state index is 11.3. The van der Waals surface area contributed by atoms with Gasteiger partial charge in [-0.1, -0.05) is 11.8 Å². The number of hydrogen-bond acceptors (Lipinski definition) is 8. The van der Waals surface area contributed by atoms with Gasteiger partial charge in [0.15, 0.2) is 13.8 Å². The van der Waals surface area contributed by atoms with Gasteiger partial charge in [-0.2, -0.15) is 4.73 Å². The van der Waals surface area contributed by atoms with Crippen molar-refractivity contribution in [1.29, 1.82) is 0 Å². The predicted molar refractivity (Wildman–Crippen MR) is 74.6 cm³/mol. The minimum Gasteiger partial charge on any atom is -0.809 e. The normalized spacial score (nSPS) is 14.2. The number of aromatic nitrogens is 1. The van der Waals surface area contributed by atoms with Crippen molar-refractivity contribution >= 4 is 27.0 Å². The van der Waals surface area contributed by atoms with Crippen molar-refractivity contribution in [2.24, 2.45) is 0 Å². The number of nitrogens with one attached hydrogen (secondary N) is 1. The Morgan fingerprint density at radius 1 is 1.16 bits per heavy atom. The second-order valence-electron chi connectivity index (χ2n) is 4.35. The number of nitrogens with zero attached hydrogens (tertiary/aromatic N) is 1. The Hall–Kier alpha value is 2.56. The van der Waals surface area contributed by atoms with Crippen LogP contribution in [-0.2, 0) is 9.13 Å². The van der Waals surface area contributed by atoms with Crippen molar-refractivity contribution < 1.29 is 122 Å². The maximum atomic E-state index is 11.3. The molecule has 2 N–H and O–H groups in total. The first kappa shape index (κ1) is 32.2. The first-order valence-corrected chi connectivity index (χ1v) is 10.5. The van der Waals surface area contributed by atoms with Crippen LogP contribution in [0.15, 0.2) is 29.4 Å². The van der Waals surface area contributed by atoms with E-state index in [9.17, 15) is 29.0 Å². The Kier molecular flexibility index (Phi) is 19.9. The minimum absolute atomic E-state index is 0. The van der Waals surface area contributed by atoms with Crippen molar-refractivity contribution in [3.05, 3.63) is 29.6 Å². The van der Waals surface area contributed by atoms with Crippen LogP contribution in [0.5, 0.6) is 0 Å². The SMILES string of the molecule is O=P([O-])([O-])C(NCCCCSc1cccc[n+]1[O-])P(=O)([O-])O.[Na+].[Na+].[Na+]. The average Bonchev–Trinajstić information content (AvgIpc) is 2.36. The van der Waals surface area contributed by atoms with Crippen LogP contribution < -0.4 is 113 Å². The molecule has 15 heteroatoms. The van der Waals surface area contributed by atoms with Crippen LogP contribution in [-0.4, -0.2) is 22.7 Å². The third-order valence-electron chi connectivity index (χ3n) is 2.55. The molecule has 0 radical (unpaired) electrons. The van der Waals surface area contributed by atoms with Crippen LogP contribution in [0, 0.1) is 5.21 Å². The summed E-state index contributed by atoms with van der Waals surface area (Å²) in [6.07, 6.45) is 2.28. The average molecular weight is 438 g/mol. The van der Waals surface area contributed by atoms with Gasteiger partial charge in [0, 0.05) is 17.9 Å². The van der Waals surface area contributed by atoms with E-state index >= 15 is 0 Å². The topological polar surface area (TPSA) is 163 Å². The van der Waals surface area contributed by atoms with E-state index in [1.54, 1.807) is 18.2 Å². The quantitative estimate of drug-likeness (QED) is 0.0952. The maximum Gasteiger partial charge on any atom is 1.00 e. The molecular formula is C10H15N2Na3O7P2S. The van der Waals surface area contributed by atoms with Gasteiger partial charge in [0.2, 0.25) is 0 Å². The molecule has 2 unspecified atom stereocenters. The number of unbranched alkanes of at least 4 members (excludes halogenated alkanes) is 1. The molecule has 25 heavy (non-hydrogen) atoms. The monoisotopic (exact) mass is 438 g/mol. The zero-order chi connectivity index (χ0) is 16.8. The fourth-order valence-corrected chi connectivity index (χ4v) is 4.63. The summed E-state index contributed by atoms with van der Waals surface area (Å²) in [6.45, 7) is -0.0708. The summed E-state index contributed by atoms with van der Waals surface area (Å²) in [6, 6.07) is 4.97. The van der Waals surface area contributed by atoms with Crippen molar-refractivity contribution in [1.82, 2.24) is 5.32 Å². The largest absolute Gasteiger partial charge is 1.00 e. The van der Waals surface area contributed by atoms with E-state index in [2.05, 4.69) is 0 Å². The van der Waals surface area contributed by atoms with Gasteiger partial charge in [0.25, 0.3) is 5.03 Å². The van der Waals surface area contributed by atoms with Crippen LogP contribution >= 0.6 is 27.0 Å². The smallest absolute Gasteiger partial charge is 0.809 e. The molecule has 126 valence electrons. The second kappa shape index (κ2) is 15.4.